The highest BCUT2D eigenvalue weighted by atomic mass is 79.9. The number of hydrogen-bond donors (Lipinski definition) is 0. The molecule has 0 unspecified atom stereocenters. The number of aromatic nitrogens is 1. The number of benzene rings is 2. The van der Waals surface area contributed by atoms with Crippen LogP contribution in [0, 0.1) is 0 Å². The summed E-state index contributed by atoms with van der Waals surface area (Å²) in [5, 5.41) is 0. The Bertz CT molecular complexity index is 1860. The number of hydrogen-bond acceptors (Lipinski definition) is 11. The van der Waals surface area contributed by atoms with E-state index in [0.717, 1.165) is 0 Å². The molecule has 2 aliphatic heterocycles. The molecule has 2 aromatic carbocycles. The summed E-state index contributed by atoms with van der Waals surface area (Å²) >= 11 is 4.81. The van der Waals surface area contributed by atoms with Crippen LogP contribution in [0.3, 0.4) is 0 Å². The van der Waals surface area contributed by atoms with Gasteiger partial charge in [-0.05, 0) is 55.3 Å². The molecular formula is C32H34BrN3O9S. The third kappa shape index (κ3) is 6.69. The summed E-state index contributed by atoms with van der Waals surface area (Å²) in [6.45, 7) is 5.52. The lowest BCUT2D eigenvalue weighted by atomic mass is 9.95. The normalized spacial score (nSPS) is 16.4. The maximum Gasteiger partial charge on any atom is 0.338 e. The second-order valence-corrected chi connectivity index (χ2v) is 12.1. The van der Waals surface area contributed by atoms with Gasteiger partial charge in [0, 0.05) is 17.6 Å². The fourth-order valence-corrected chi connectivity index (χ4v) is 6.84. The third-order valence-corrected chi connectivity index (χ3v) is 9.18. The van der Waals surface area contributed by atoms with E-state index in [2.05, 4.69) is 20.9 Å². The molecule has 12 nitrogen and oxygen atoms in total. The summed E-state index contributed by atoms with van der Waals surface area (Å²) in [6.07, 6.45) is 1.72. The van der Waals surface area contributed by atoms with E-state index < -0.39 is 12.0 Å². The molecule has 1 fully saturated rings. The molecule has 0 radical (unpaired) electrons. The predicted molar refractivity (Wildman–Crippen MR) is 174 cm³/mol. The minimum Gasteiger partial charge on any atom is -0.493 e. The number of nitrogens with zero attached hydrogens (tertiary/aromatic N) is 3. The van der Waals surface area contributed by atoms with E-state index in [1.807, 2.05) is 0 Å². The number of rotatable bonds is 10. The van der Waals surface area contributed by atoms with E-state index in [-0.39, 0.29) is 30.3 Å². The van der Waals surface area contributed by atoms with Gasteiger partial charge in [-0.25, -0.2) is 9.79 Å². The maximum absolute atomic E-state index is 14.1. The number of carbonyl (C=O) groups excluding carboxylic acids is 2. The van der Waals surface area contributed by atoms with Crippen LogP contribution in [-0.4, -0.2) is 82.2 Å². The van der Waals surface area contributed by atoms with Gasteiger partial charge in [0.2, 0.25) is 0 Å². The Labute approximate surface area is 277 Å². The number of halogens is 1. The predicted octanol–water partition coefficient (Wildman–Crippen LogP) is 2.82. The summed E-state index contributed by atoms with van der Waals surface area (Å²) in [6, 6.07) is 7.79. The van der Waals surface area contributed by atoms with E-state index in [0.29, 0.717) is 79.9 Å². The highest BCUT2D eigenvalue weighted by molar-refractivity contribution is 9.10. The molecule has 0 spiro atoms. The fraction of sp³-hybridized carbons (Fsp3) is 0.375. The van der Waals surface area contributed by atoms with Gasteiger partial charge in [0.1, 0.15) is 0 Å². The molecule has 46 heavy (non-hydrogen) atoms. The molecule has 0 aliphatic carbocycles. The van der Waals surface area contributed by atoms with Crippen molar-refractivity contribution in [3.05, 3.63) is 76.9 Å². The number of methoxy groups -OCH3 is 3. The molecule has 0 N–H and O–H groups in total. The van der Waals surface area contributed by atoms with Crippen LogP contribution in [0.15, 0.2) is 55.9 Å². The molecular weight excluding hydrogens is 682 g/mol. The molecule has 3 aromatic rings. The summed E-state index contributed by atoms with van der Waals surface area (Å²) < 4.78 is 35.5. The highest BCUT2D eigenvalue weighted by Crippen LogP contribution is 2.41. The van der Waals surface area contributed by atoms with Crippen LogP contribution >= 0.6 is 27.3 Å². The number of ether oxygens (including phenoxy) is 6. The number of fused-ring (bicyclic) bond motifs is 1. The number of amides is 1. The van der Waals surface area contributed by atoms with Crippen molar-refractivity contribution in [1.29, 1.82) is 0 Å². The average Bonchev–Trinajstić information content (AvgIpc) is 3.37. The Morgan fingerprint density at radius 2 is 1.72 bits per heavy atom. The molecule has 244 valence electrons. The zero-order valence-corrected chi connectivity index (χ0v) is 28.5. The van der Waals surface area contributed by atoms with Gasteiger partial charge >= 0.3 is 5.97 Å². The van der Waals surface area contributed by atoms with Gasteiger partial charge in [0.25, 0.3) is 11.5 Å². The molecule has 1 amide bonds. The van der Waals surface area contributed by atoms with E-state index in [4.69, 9.17) is 28.4 Å². The fourth-order valence-electron chi connectivity index (χ4n) is 5.25. The first-order chi connectivity index (χ1) is 22.2. The molecule has 1 saturated heterocycles. The molecule has 5 rings (SSSR count). The molecule has 1 atom stereocenters. The molecule has 2 aliphatic rings. The van der Waals surface area contributed by atoms with Crippen LogP contribution in [0.4, 0.5) is 0 Å². The lowest BCUT2D eigenvalue weighted by Gasteiger charge is -2.26. The number of esters is 1. The number of thiazole rings is 1. The molecule has 3 heterocycles. The van der Waals surface area contributed by atoms with Crippen molar-refractivity contribution in [3.63, 3.8) is 0 Å². The Balaban J connectivity index is 1.55. The van der Waals surface area contributed by atoms with Gasteiger partial charge in [0.05, 0.1) is 63.0 Å². The first-order valence-electron chi connectivity index (χ1n) is 14.5. The Morgan fingerprint density at radius 1 is 1.04 bits per heavy atom. The van der Waals surface area contributed by atoms with E-state index >= 15 is 0 Å². The third-order valence-electron chi connectivity index (χ3n) is 7.51. The van der Waals surface area contributed by atoms with Gasteiger partial charge in [-0.15, -0.1) is 0 Å². The molecule has 0 bridgehead atoms. The molecule has 14 heteroatoms. The van der Waals surface area contributed by atoms with Crippen LogP contribution in [0.25, 0.3) is 6.08 Å². The summed E-state index contributed by atoms with van der Waals surface area (Å²) in [5.74, 6) is 1.01. The highest BCUT2D eigenvalue weighted by Gasteiger charge is 2.35. The largest absolute Gasteiger partial charge is 0.493 e. The lowest BCUT2D eigenvalue weighted by molar-refractivity contribution is -0.139. The van der Waals surface area contributed by atoms with Gasteiger partial charge < -0.3 is 33.3 Å². The molecule has 1 aromatic heterocycles. The van der Waals surface area contributed by atoms with Gasteiger partial charge in [-0.1, -0.05) is 33.3 Å². The van der Waals surface area contributed by atoms with Crippen LogP contribution in [0.5, 0.6) is 23.0 Å². The van der Waals surface area contributed by atoms with Gasteiger partial charge in [-0.2, -0.15) is 0 Å². The van der Waals surface area contributed by atoms with Gasteiger partial charge in [0.15, 0.2) is 34.4 Å². The topological polar surface area (TPSA) is 127 Å². The first kappa shape index (κ1) is 33.2. The zero-order valence-electron chi connectivity index (χ0n) is 26.1. The summed E-state index contributed by atoms with van der Waals surface area (Å²) in [7, 11) is 4.55. The van der Waals surface area contributed by atoms with Crippen molar-refractivity contribution < 1.29 is 38.0 Å². The van der Waals surface area contributed by atoms with Crippen molar-refractivity contribution in [2.24, 2.45) is 4.99 Å². The van der Waals surface area contributed by atoms with E-state index in [1.54, 1.807) is 55.2 Å². The second-order valence-electron chi connectivity index (χ2n) is 10.2. The lowest BCUT2D eigenvalue weighted by Crippen LogP contribution is -2.43. The minimum absolute atomic E-state index is 0.135. The zero-order chi connectivity index (χ0) is 33.0. The Morgan fingerprint density at radius 3 is 2.39 bits per heavy atom. The first-order valence-corrected chi connectivity index (χ1v) is 16.1. The average molecular weight is 717 g/mol. The summed E-state index contributed by atoms with van der Waals surface area (Å²) in [5.41, 5.74) is 1.59. The van der Waals surface area contributed by atoms with Crippen LogP contribution in [0.2, 0.25) is 0 Å². The minimum atomic E-state index is -0.860. The van der Waals surface area contributed by atoms with Crippen molar-refractivity contribution >= 4 is 45.2 Å². The van der Waals surface area contributed by atoms with Crippen LogP contribution in [-0.2, 0) is 19.1 Å². The maximum atomic E-state index is 14.1. The van der Waals surface area contributed by atoms with Crippen molar-refractivity contribution in [2.45, 2.75) is 19.9 Å². The Kier molecular flexibility index (Phi) is 10.5. The number of allylic oxidation sites excluding steroid dienone is 1. The SMILES string of the molecule is CCOC(=O)C1=C(C)N=c2s/c(=C/c3ccc(OCC(=O)N4CCOCC4)c(OC)c3)c(=O)n2[C@@H]1c1cc(OC)c(OC)cc1Br. The standard InChI is InChI=1S/C32H34BrN3O9S/c1-6-44-31(39)28-18(2)34-32-36(29(28)20-15-24(41-4)25(42-5)16-21(20)33)30(38)26(46-32)14-19-7-8-22(23(13-19)40-3)45-17-27(37)35-9-11-43-12-10-35/h7-8,13-16,29H,6,9-12,17H2,1-5H3/b26-14+/t29-/m1/s1. The smallest absolute Gasteiger partial charge is 0.338 e. The van der Waals surface area contributed by atoms with Crippen molar-refractivity contribution in [1.82, 2.24) is 9.47 Å². The van der Waals surface area contributed by atoms with Crippen LogP contribution < -0.4 is 33.8 Å². The second kappa shape index (κ2) is 14.5. The van der Waals surface area contributed by atoms with Gasteiger partial charge in [-0.3, -0.25) is 14.2 Å². The quantitative estimate of drug-likeness (QED) is 0.291. The van der Waals surface area contributed by atoms with Crippen LogP contribution in [0.1, 0.15) is 31.0 Å². The van der Waals surface area contributed by atoms with Crippen molar-refractivity contribution in [2.75, 3.05) is 60.8 Å². The monoisotopic (exact) mass is 715 g/mol. The summed E-state index contributed by atoms with van der Waals surface area (Å²) in [4.78, 5) is 46.7. The Hall–Kier alpha value is -4.14. The van der Waals surface area contributed by atoms with E-state index in [9.17, 15) is 14.4 Å². The number of morpholine rings is 1. The number of carbonyl (C=O) groups is 2. The van der Waals surface area contributed by atoms with E-state index in [1.165, 1.54) is 37.2 Å². The molecule has 0 saturated carbocycles. The van der Waals surface area contributed by atoms with Crippen molar-refractivity contribution in [3.8, 4) is 23.0 Å².